The second kappa shape index (κ2) is 12.3. The molecule has 0 radical (unpaired) electrons. The van der Waals surface area contributed by atoms with Crippen LogP contribution in [0.25, 0.3) is 5.69 Å². The standard InChI is InChI=1S/C23H32ClN5O2/c24-19-10-12-21(13-11-19)29-17-18(16-27-29)15-26-22(30)9-5-2-6-14-25-23(31)28-20-7-3-1-4-8-20/h10-13,16-17,20H,1-9,14-15H2,(H,26,30)(H2,25,28,31). The Morgan fingerprint density at radius 3 is 2.58 bits per heavy atom. The van der Waals surface area contributed by atoms with Crippen molar-refractivity contribution in [3.63, 3.8) is 0 Å². The van der Waals surface area contributed by atoms with E-state index in [1.807, 2.05) is 30.5 Å². The Bertz CT molecular complexity index is 831. The second-order valence-corrected chi connectivity index (χ2v) is 8.53. The fraction of sp³-hybridized carbons (Fsp3) is 0.522. The van der Waals surface area contributed by atoms with Crippen molar-refractivity contribution in [3.8, 4) is 5.69 Å². The Kier molecular flexibility index (Phi) is 9.21. The van der Waals surface area contributed by atoms with Crippen LogP contribution in [-0.2, 0) is 11.3 Å². The fourth-order valence-electron chi connectivity index (χ4n) is 3.75. The molecule has 3 rings (SSSR count). The van der Waals surface area contributed by atoms with Gasteiger partial charge in [0.05, 0.1) is 11.9 Å². The van der Waals surface area contributed by atoms with E-state index in [4.69, 9.17) is 11.6 Å². The summed E-state index contributed by atoms with van der Waals surface area (Å²) in [5.74, 6) is 0.0299. The molecule has 3 N–H and O–H groups in total. The highest BCUT2D eigenvalue weighted by Crippen LogP contribution is 2.17. The van der Waals surface area contributed by atoms with Crippen molar-refractivity contribution in [3.05, 3.63) is 47.2 Å². The third-order valence-electron chi connectivity index (χ3n) is 5.52. The van der Waals surface area contributed by atoms with Gasteiger partial charge in [-0.1, -0.05) is 37.3 Å². The number of urea groups is 1. The molecule has 0 bridgehead atoms. The first-order chi connectivity index (χ1) is 15.1. The molecule has 1 aliphatic rings. The minimum atomic E-state index is -0.0659. The SMILES string of the molecule is O=C(CCCCCNC(=O)NC1CCCCC1)NCc1cnn(-c2ccc(Cl)cc2)c1. The van der Waals surface area contributed by atoms with Crippen molar-refractivity contribution in [1.29, 1.82) is 0 Å². The molecule has 1 heterocycles. The van der Waals surface area contributed by atoms with Crippen LogP contribution >= 0.6 is 11.6 Å². The molecule has 7 nitrogen and oxygen atoms in total. The molecule has 0 atom stereocenters. The summed E-state index contributed by atoms with van der Waals surface area (Å²) >= 11 is 5.91. The molecule has 1 fully saturated rings. The molecule has 8 heteroatoms. The van der Waals surface area contributed by atoms with Crippen LogP contribution in [-0.4, -0.2) is 34.3 Å². The first kappa shape index (κ1) is 23.1. The molecule has 3 amide bonds. The summed E-state index contributed by atoms with van der Waals surface area (Å²) in [6.45, 7) is 1.10. The summed E-state index contributed by atoms with van der Waals surface area (Å²) in [7, 11) is 0. The summed E-state index contributed by atoms with van der Waals surface area (Å²) in [6.07, 6.45) is 12.6. The molecule has 0 aliphatic heterocycles. The van der Waals surface area contributed by atoms with Gasteiger partial charge in [-0.3, -0.25) is 4.79 Å². The smallest absolute Gasteiger partial charge is 0.315 e. The predicted octanol–water partition coefficient (Wildman–Crippen LogP) is 4.33. The average molecular weight is 446 g/mol. The van der Waals surface area contributed by atoms with Crippen LogP contribution in [0.15, 0.2) is 36.7 Å². The Morgan fingerprint density at radius 2 is 1.81 bits per heavy atom. The predicted molar refractivity (Wildman–Crippen MR) is 122 cm³/mol. The number of halogens is 1. The van der Waals surface area contributed by atoms with Crippen molar-refractivity contribution in [2.45, 2.75) is 70.4 Å². The van der Waals surface area contributed by atoms with Crippen LogP contribution in [0.5, 0.6) is 0 Å². The van der Waals surface area contributed by atoms with Gasteiger partial charge < -0.3 is 16.0 Å². The molecule has 2 aromatic rings. The van der Waals surface area contributed by atoms with Gasteiger partial charge in [0, 0.05) is 42.3 Å². The van der Waals surface area contributed by atoms with Crippen molar-refractivity contribution in [1.82, 2.24) is 25.7 Å². The van der Waals surface area contributed by atoms with Gasteiger partial charge in [-0.15, -0.1) is 0 Å². The molecule has 1 saturated carbocycles. The van der Waals surface area contributed by atoms with Crippen LogP contribution in [0.2, 0.25) is 5.02 Å². The van der Waals surface area contributed by atoms with Crippen molar-refractivity contribution < 1.29 is 9.59 Å². The van der Waals surface area contributed by atoms with Gasteiger partial charge in [-0.05, 0) is 49.9 Å². The Hall–Kier alpha value is -2.54. The number of nitrogens with one attached hydrogen (secondary N) is 3. The first-order valence-electron chi connectivity index (χ1n) is 11.2. The highest BCUT2D eigenvalue weighted by atomic mass is 35.5. The van der Waals surface area contributed by atoms with E-state index in [-0.39, 0.29) is 11.9 Å². The van der Waals surface area contributed by atoms with Crippen LogP contribution in [0.4, 0.5) is 4.79 Å². The van der Waals surface area contributed by atoms with E-state index in [9.17, 15) is 9.59 Å². The summed E-state index contributed by atoms with van der Waals surface area (Å²) in [4.78, 5) is 23.9. The number of hydrogen-bond donors (Lipinski definition) is 3. The number of carbonyl (C=O) groups excluding carboxylic acids is 2. The summed E-state index contributed by atoms with van der Waals surface area (Å²) in [5.41, 5.74) is 1.86. The maximum Gasteiger partial charge on any atom is 0.315 e. The van der Waals surface area contributed by atoms with E-state index in [2.05, 4.69) is 21.0 Å². The highest BCUT2D eigenvalue weighted by molar-refractivity contribution is 6.30. The molecule has 1 aliphatic carbocycles. The van der Waals surface area contributed by atoms with Crippen molar-refractivity contribution in [2.24, 2.45) is 0 Å². The lowest BCUT2D eigenvalue weighted by Gasteiger charge is -2.22. The van der Waals surface area contributed by atoms with E-state index in [1.165, 1.54) is 19.3 Å². The number of benzene rings is 1. The first-order valence-corrected chi connectivity index (χ1v) is 11.6. The highest BCUT2D eigenvalue weighted by Gasteiger charge is 2.15. The number of carbonyl (C=O) groups is 2. The van der Waals surface area contributed by atoms with Crippen LogP contribution in [0.1, 0.15) is 63.4 Å². The number of aromatic nitrogens is 2. The zero-order valence-electron chi connectivity index (χ0n) is 17.9. The number of unbranched alkanes of at least 4 members (excludes halogenated alkanes) is 2. The maximum absolute atomic E-state index is 12.1. The summed E-state index contributed by atoms with van der Waals surface area (Å²) in [6, 6.07) is 7.69. The van der Waals surface area contributed by atoms with E-state index in [1.54, 1.807) is 10.9 Å². The van der Waals surface area contributed by atoms with E-state index in [0.717, 1.165) is 43.4 Å². The lowest BCUT2D eigenvalue weighted by Crippen LogP contribution is -2.43. The topological polar surface area (TPSA) is 88.1 Å². The maximum atomic E-state index is 12.1. The lowest BCUT2D eigenvalue weighted by atomic mass is 9.96. The lowest BCUT2D eigenvalue weighted by molar-refractivity contribution is -0.121. The average Bonchev–Trinajstić information content (AvgIpc) is 3.25. The third-order valence-corrected chi connectivity index (χ3v) is 5.78. The molecule has 1 aromatic heterocycles. The molecule has 168 valence electrons. The van der Waals surface area contributed by atoms with Gasteiger partial charge in [0.2, 0.25) is 5.91 Å². The minimum Gasteiger partial charge on any atom is -0.352 e. The molecular weight excluding hydrogens is 414 g/mol. The van der Waals surface area contributed by atoms with E-state index >= 15 is 0 Å². The monoisotopic (exact) mass is 445 g/mol. The fourth-order valence-corrected chi connectivity index (χ4v) is 3.87. The van der Waals surface area contributed by atoms with Gasteiger partial charge in [0.25, 0.3) is 0 Å². The molecule has 0 unspecified atom stereocenters. The quantitative estimate of drug-likeness (QED) is 0.475. The number of nitrogens with zero attached hydrogens (tertiary/aromatic N) is 2. The van der Waals surface area contributed by atoms with Crippen LogP contribution in [0.3, 0.4) is 0 Å². The van der Waals surface area contributed by atoms with Gasteiger partial charge >= 0.3 is 6.03 Å². The van der Waals surface area contributed by atoms with Crippen LogP contribution in [0, 0.1) is 0 Å². The van der Waals surface area contributed by atoms with Crippen molar-refractivity contribution >= 4 is 23.5 Å². The van der Waals surface area contributed by atoms with Crippen LogP contribution < -0.4 is 16.0 Å². The van der Waals surface area contributed by atoms with E-state index in [0.29, 0.717) is 30.6 Å². The van der Waals surface area contributed by atoms with Gasteiger partial charge in [0.1, 0.15) is 0 Å². The Labute approximate surface area is 188 Å². The summed E-state index contributed by atoms with van der Waals surface area (Å²) in [5, 5.41) is 13.9. The number of hydrogen-bond acceptors (Lipinski definition) is 3. The number of amides is 3. The molecule has 0 saturated heterocycles. The zero-order valence-corrected chi connectivity index (χ0v) is 18.7. The van der Waals surface area contributed by atoms with Gasteiger partial charge in [-0.2, -0.15) is 5.10 Å². The minimum absolute atomic E-state index is 0.0299. The van der Waals surface area contributed by atoms with Gasteiger partial charge in [-0.25, -0.2) is 9.48 Å². The summed E-state index contributed by atoms with van der Waals surface area (Å²) < 4.78 is 1.76. The Morgan fingerprint density at radius 1 is 1.03 bits per heavy atom. The zero-order chi connectivity index (χ0) is 21.9. The molecule has 0 spiro atoms. The Balaban J connectivity index is 1.23. The van der Waals surface area contributed by atoms with E-state index < -0.39 is 0 Å². The number of rotatable bonds is 10. The van der Waals surface area contributed by atoms with Crippen molar-refractivity contribution in [2.75, 3.05) is 6.54 Å². The molecule has 31 heavy (non-hydrogen) atoms. The largest absolute Gasteiger partial charge is 0.352 e. The van der Waals surface area contributed by atoms with Gasteiger partial charge in [0.15, 0.2) is 0 Å². The molecule has 1 aromatic carbocycles. The third kappa shape index (κ3) is 8.25. The molecular formula is C23H32ClN5O2. The second-order valence-electron chi connectivity index (χ2n) is 8.09. The normalized spacial score (nSPS) is 14.2.